The van der Waals surface area contributed by atoms with Crippen molar-refractivity contribution in [2.45, 2.75) is 72.4 Å². The van der Waals surface area contributed by atoms with Crippen LogP contribution in [0.5, 0.6) is 0 Å². The van der Waals surface area contributed by atoms with Crippen LogP contribution in [-0.2, 0) is 6.54 Å². The van der Waals surface area contributed by atoms with Gasteiger partial charge in [0.1, 0.15) is 0 Å². The lowest BCUT2D eigenvalue weighted by atomic mass is 10.1. The van der Waals surface area contributed by atoms with Gasteiger partial charge in [-0.15, -0.1) is 11.3 Å². The number of nitrogens with one attached hydrogen (secondary N) is 1. The summed E-state index contributed by atoms with van der Waals surface area (Å²) in [7, 11) is 0. The van der Waals surface area contributed by atoms with Crippen LogP contribution in [0.2, 0.25) is 0 Å². The molecule has 0 aromatic carbocycles. The number of fused-ring (bicyclic) bond motifs is 1. The highest BCUT2D eigenvalue weighted by molar-refractivity contribution is 7.15. The summed E-state index contributed by atoms with van der Waals surface area (Å²) in [5.41, 5.74) is 3.77. The fraction of sp³-hybridized carbons (Fsp3) is 0.688. The molecule has 0 radical (unpaired) electrons. The van der Waals surface area contributed by atoms with E-state index >= 15 is 0 Å². The van der Waals surface area contributed by atoms with Gasteiger partial charge in [-0.25, -0.2) is 4.98 Å². The van der Waals surface area contributed by atoms with Crippen molar-refractivity contribution >= 4 is 16.3 Å². The van der Waals surface area contributed by atoms with Crippen molar-refractivity contribution in [3.8, 4) is 0 Å². The molecule has 0 bridgehead atoms. The molecule has 1 atom stereocenters. The van der Waals surface area contributed by atoms with Gasteiger partial charge in [0.05, 0.1) is 11.4 Å². The molecular weight excluding hydrogens is 266 g/mol. The third-order valence-electron chi connectivity index (χ3n) is 3.94. The van der Waals surface area contributed by atoms with Crippen LogP contribution in [0.1, 0.15) is 63.0 Å². The molecule has 0 spiro atoms. The zero-order valence-electron chi connectivity index (χ0n) is 13.2. The maximum absolute atomic E-state index is 4.64. The molecule has 112 valence electrons. The van der Waals surface area contributed by atoms with Crippen LogP contribution in [-0.4, -0.2) is 15.4 Å². The summed E-state index contributed by atoms with van der Waals surface area (Å²) < 4.78 is 2.29. The van der Waals surface area contributed by atoms with E-state index in [1.165, 1.54) is 43.5 Å². The third-order valence-corrected chi connectivity index (χ3v) is 4.88. The van der Waals surface area contributed by atoms with Crippen LogP contribution in [0.25, 0.3) is 4.96 Å². The smallest absolute Gasteiger partial charge is 0.194 e. The van der Waals surface area contributed by atoms with Crippen LogP contribution in [0.15, 0.2) is 5.38 Å². The molecule has 0 saturated heterocycles. The lowest BCUT2D eigenvalue weighted by molar-refractivity contribution is 0.478. The molecule has 3 nitrogen and oxygen atoms in total. The SMILES string of the molecule is CCCCCCC(C)NCc1c(C)nc2scc(C)n12. The summed E-state index contributed by atoms with van der Waals surface area (Å²) >= 11 is 1.73. The highest BCUT2D eigenvalue weighted by Gasteiger charge is 2.12. The van der Waals surface area contributed by atoms with Crippen molar-refractivity contribution in [1.82, 2.24) is 14.7 Å². The Morgan fingerprint density at radius 3 is 2.85 bits per heavy atom. The van der Waals surface area contributed by atoms with Crippen LogP contribution in [0.3, 0.4) is 0 Å². The van der Waals surface area contributed by atoms with E-state index in [1.54, 1.807) is 11.3 Å². The molecule has 0 fully saturated rings. The molecule has 0 aliphatic rings. The summed E-state index contributed by atoms with van der Waals surface area (Å²) in [5.74, 6) is 0. The molecule has 2 heterocycles. The van der Waals surface area contributed by atoms with Crippen molar-refractivity contribution in [3.63, 3.8) is 0 Å². The largest absolute Gasteiger partial charge is 0.309 e. The number of aryl methyl sites for hydroxylation is 2. The quantitative estimate of drug-likeness (QED) is 0.728. The molecule has 0 aliphatic heterocycles. The number of nitrogens with zero attached hydrogens (tertiary/aromatic N) is 2. The first-order chi connectivity index (χ1) is 9.63. The van der Waals surface area contributed by atoms with E-state index in [4.69, 9.17) is 0 Å². The summed E-state index contributed by atoms with van der Waals surface area (Å²) in [6.07, 6.45) is 6.64. The zero-order chi connectivity index (χ0) is 14.5. The maximum Gasteiger partial charge on any atom is 0.194 e. The molecule has 0 saturated carbocycles. The van der Waals surface area contributed by atoms with Crippen LogP contribution in [0, 0.1) is 13.8 Å². The Morgan fingerprint density at radius 2 is 2.10 bits per heavy atom. The topological polar surface area (TPSA) is 29.3 Å². The highest BCUT2D eigenvalue weighted by atomic mass is 32.1. The number of hydrogen-bond donors (Lipinski definition) is 1. The molecule has 20 heavy (non-hydrogen) atoms. The Hall–Kier alpha value is -0.870. The summed E-state index contributed by atoms with van der Waals surface area (Å²) in [4.78, 5) is 5.76. The van der Waals surface area contributed by atoms with Gasteiger partial charge in [-0.2, -0.15) is 0 Å². The average Bonchev–Trinajstić information content (AvgIpc) is 2.92. The van der Waals surface area contributed by atoms with Gasteiger partial charge in [0.2, 0.25) is 0 Å². The van der Waals surface area contributed by atoms with Crippen LogP contribution >= 0.6 is 11.3 Å². The van der Waals surface area contributed by atoms with Gasteiger partial charge in [-0.1, -0.05) is 32.6 Å². The predicted octanol–water partition coefficient (Wildman–Crippen LogP) is 4.46. The minimum atomic E-state index is 0.579. The van der Waals surface area contributed by atoms with E-state index in [2.05, 4.69) is 47.8 Å². The lowest BCUT2D eigenvalue weighted by Crippen LogP contribution is -2.26. The lowest BCUT2D eigenvalue weighted by Gasteiger charge is -2.14. The number of imidazole rings is 1. The van der Waals surface area contributed by atoms with Gasteiger partial charge in [-0.05, 0) is 27.2 Å². The summed E-state index contributed by atoms with van der Waals surface area (Å²) in [6, 6.07) is 0.579. The second-order valence-corrected chi connectivity index (χ2v) is 6.61. The van der Waals surface area contributed by atoms with Crippen LogP contribution in [0.4, 0.5) is 0 Å². The maximum atomic E-state index is 4.64. The number of thiazole rings is 1. The Kier molecular flexibility index (Phi) is 5.61. The van der Waals surface area contributed by atoms with Gasteiger partial charge >= 0.3 is 0 Å². The molecule has 1 N–H and O–H groups in total. The van der Waals surface area contributed by atoms with E-state index in [1.807, 2.05) is 0 Å². The van der Waals surface area contributed by atoms with E-state index in [-0.39, 0.29) is 0 Å². The Bertz CT molecular complexity index is 541. The molecule has 1 unspecified atom stereocenters. The average molecular weight is 293 g/mol. The predicted molar refractivity (Wildman–Crippen MR) is 87.6 cm³/mol. The summed E-state index contributed by atoms with van der Waals surface area (Å²) in [6.45, 7) is 9.74. The minimum Gasteiger partial charge on any atom is -0.309 e. The van der Waals surface area contributed by atoms with Crippen molar-refractivity contribution < 1.29 is 0 Å². The van der Waals surface area contributed by atoms with E-state index in [9.17, 15) is 0 Å². The van der Waals surface area contributed by atoms with E-state index < -0.39 is 0 Å². The first-order valence-corrected chi connectivity index (χ1v) is 8.66. The van der Waals surface area contributed by atoms with Crippen molar-refractivity contribution in [2.75, 3.05) is 0 Å². The number of aromatic nitrogens is 2. The van der Waals surface area contributed by atoms with E-state index in [0.717, 1.165) is 17.2 Å². The number of rotatable bonds is 8. The standard InChI is InChI=1S/C16H27N3S/c1-5-6-7-8-9-12(2)17-10-15-14(4)18-16-19(15)13(3)11-20-16/h11-12,17H,5-10H2,1-4H3. The molecule has 0 amide bonds. The monoisotopic (exact) mass is 293 g/mol. The van der Waals surface area contributed by atoms with Gasteiger partial charge in [-0.3, -0.25) is 4.40 Å². The molecule has 0 aliphatic carbocycles. The number of unbranched alkanes of at least 4 members (excludes halogenated alkanes) is 3. The first kappa shape index (κ1) is 15.5. The second-order valence-electron chi connectivity index (χ2n) is 5.77. The fourth-order valence-electron chi connectivity index (χ4n) is 2.63. The third kappa shape index (κ3) is 3.61. The van der Waals surface area contributed by atoms with Crippen LogP contribution < -0.4 is 5.32 Å². The molecule has 2 aromatic rings. The minimum absolute atomic E-state index is 0.579. The van der Waals surface area contributed by atoms with Gasteiger partial charge in [0.25, 0.3) is 0 Å². The molecule has 2 aromatic heterocycles. The number of hydrogen-bond acceptors (Lipinski definition) is 3. The van der Waals surface area contributed by atoms with Gasteiger partial charge in [0, 0.05) is 23.7 Å². The Labute approximate surface area is 126 Å². The highest BCUT2D eigenvalue weighted by Crippen LogP contribution is 2.20. The summed E-state index contributed by atoms with van der Waals surface area (Å²) in [5, 5.41) is 5.84. The molecule has 2 rings (SSSR count). The molecular formula is C16H27N3S. The second kappa shape index (κ2) is 7.23. The zero-order valence-corrected chi connectivity index (χ0v) is 14.0. The van der Waals surface area contributed by atoms with Gasteiger partial charge < -0.3 is 5.32 Å². The Morgan fingerprint density at radius 1 is 1.30 bits per heavy atom. The van der Waals surface area contributed by atoms with Gasteiger partial charge in [0.15, 0.2) is 4.96 Å². The van der Waals surface area contributed by atoms with E-state index in [0.29, 0.717) is 6.04 Å². The Balaban J connectivity index is 1.89. The fourth-order valence-corrected chi connectivity index (χ4v) is 3.56. The van der Waals surface area contributed by atoms with Crippen molar-refractivity contribution in [3.05, 3.63) is 22.5 Å². The van der Waals surface area contributed by atoms with Crippen molar-refractivity contribution in [1.29, 1.82) is 0 Å². The normalized spacial score (nSPS) is 13.2. The first-order valence-electron chi connectivity index (χ1n) is 7.79. The molecule has 4 heteroatoms. The van der Waals surface area contributed by atoms with Crippen molar-refractivity contribution in [2.24, 2.45) is 0 Å².